The molecule has 0 bridgehead atoms. The molecule has 2 atom stereocenters. The second kappa shape index (κ2) is 7.35. The SMILES string of the molecule is O=C(O)CCC(=O)N1CCC[C@H](O)[C@@H]1Cc1ccc(F)cc1. The van der Waals surface area contributed by atoms with Crippen LogP contribution in [0.5, 0.6) is 0 Å². The predicted molar refractivity (Wildman–Crippen MR) is 77.7 cm³/mol. The van der Waals surface area contributed by atoms with E-state index >= 15 is 0 Å². The van der Waals surface area contributed by atoms with Crippen LogP contribution in [0.15, 0.2) is 24.3 Å². The van der Waals surface area contributed by atoms with E-state index in [0.29, 0.717) is 25.8 Å². The highest BCUT2D eigenvalue weighted by Gasteiger charge is 2.33. The van der Waals surface area contributed by atoms with E-state index in [1.807, 2.05) is 0 Å². The molecule has 5 nitrogen and oxygen atoms in total. The molecular formula is C16H20FNO4. The Kier molecular flexibility index (Phi) is 5.49. The number of aliphatic hydroxyl groups excluding tert-OH is 1. The van der Waals surface area contributed by atoms with Crippen molar-refractivity contribution in [3.05, 3.63) is 35.6 Å². The highest BCUT2D eigenvalue weighted by atomic mass is 19.1. The molecule has 1 fully saturated rings. The Morgan fingerprint density at radius 2 is 1.91 bits per heavy atom. The van der Waals surface area contributed by atoms with Gasteiger partial charge in [0.25, 0.3) is 0 Å². The van der Waals surface area contributed by atoms with E-state index in [1.54, 1.807) is 17.0 Å². The molecule has 22 heavy (non-hydrogen) atoms. The Balaban J connectivity index is 2.07. The first kappa shape index (κ1) is 16.4. The van der Waals surface area contributed by atoms with Crippen LogP contribution in [0.4, 0.5) is 4.39 Å². The molecule has 1 aliphatic heterocycles. The molecule has 0 spiro atoms. The van der Waals surface area contributed by atoms with Crippen LogP contribution in [-0.2, 0) is 16.0 Å². The van der Waals surface area contributed by atoms with Gasteiger partial charge in [0.15, 0.2) is 0 Å². The molecule has 2 N–H and O–H groups in total. The number of carboxylic acid groups (broad SMARTS) is 1. The smallest absolute Gasteiger partial charge is 0.303 e. The first-order chi connectivity index (χ1) is 10.5. The van der Waals surface area contributed by atoms with Gasteiger partial charge in [0.05, 0.1) is 18.6 Å². The van der Waals surface area contributed by atoms with Crippen molar-refractivity contribution in [3.8, 4) is 0 Å². The molecule has 120 valence electrons. The van der Waals surface area contributed by atoms with Crippen molar-refractivity contribution in [2.24, 2.45) is 0 Å². The van der Waals surface area contributed by atoms with Crippen molar-refractivity contribution in [3.63, 3.8) is 0 Å². The second-order valence-corrected chi connectivity index (χ2v) is 5.59. The van der Waals surface area contributed by atoms with Crippen molar-refractivity contribution < 1.29 is 24.2 Å². The molecule has 0 radical (unpaired) electrons. The molecule has 0 aliphatic carbocycles. The van der Waals surface area contributed by atoms with Crippen molar-refractivity contribution in [2.75, 3.05) is 6.54 Å². The van der Waals surface area contributed by atoms with Crippen LogP contribution in [-0.4, -0.2) is 45.7 Å². The van der Waals surface area contributed by atoms with Gasteiger partial charge in [-0.2, -0.15) is 0 Å². The number of nitrogens with zero attached hydrogens (tertiary/aromatic N) is 1. The summed E-state index contributed by atoms with van der Waals surface area (Å²) in [5.41, 5.74) is 0.836. The number of rotatable bonds is 5. The molecular weight excluding hydrogens is 289 g/mol. The van der Waals surface area contributed by atoms with Gasteiger partial charge in [0.2, 0.25) is 5.91 Å². The Labute approximate surface area is 128 Å². The molecule has 1 aliphatic rings. The van der Waals surface area contributed by atoms with Gasteiger partial charge in [-0.05, 0) is 37.0 Å². The number of carboxylic acids is 1. The standard InChI is InChI=1S/C16H20FNO4/c17-12-5-3-11(4-6-12)10-13-14(19)2-1-9-18(13)15(20)7-8-16(21)22/h3-6,13-14,19H,1-2,7-10H2,(H,21,22)/t13-,14-/m0/s1. The first-order valence-corrected chi connectivity index (χ1v) is 7.41. The van der Waals surface area contributed by atoms with Gasteiger partial charge in [-0.15, -0.1) is 0 Å². The lowest BCUT2D eigenvalue weighted by molar-refractivity contribution is -0.144. The van der Waals surface area contributed by atoms with Gasteiger partial charge in [-0.1, -0.05) is 12.1 Å². The van der Waals surface area contributed by atoms with E-state index in [4.69, 9.17) is 5.11 Å². The molecule has 0 aromatic heterocycles. The van der Waals surface area contributed by atoms with Crippen molar-refractivity contribution in [1.82, 2.24) is 4.90 Å². The average Bonchev–Trinajstić information content (AvgIpc) is 2.49. The minimum Gasteiger partial charge on any atom is -0.481 e. The monoisotopic (exact) mass is 309 g/mol. The molecule has 1 amide bonds. The second-order valence-electron chi connectivity index (χ2n) is 5.59. The van der Waals surface area contributed by atoms with E-state index in [1.165, 1.54) is 12.1 Å². The molecule has 0 unspecified atom stereocenters. The topological polar surface area (TPSA) is 77.8 Å². The maximum absolute atomic E-state index is 13.0. The van der Waals surface area contributed by atoms with Gasteiger partial charge >= 0.3 is 5.97 Å². The molecule has 1 saturated heterocycles. The van der Waals surface area contributed by atoms with E-state index in [9.17, 15) is 19.1 Å². The van der Waals surface area contributed by atoms with Gasteiger partial charge in [-0.3, -0.25) is 9.59 Å². The van der Waals surface area contributed by atoms with E-state index in [2.05, 4.69) is 0 Å². The summed E-state index contributed by atoms with van der Waals surface area (Å²) in [6, 6.07) is 5.58. The average molecular weight is 309 g/mol. The number of amides is 1. The van der Waals surface area contributed by atoms with Gasteiger partial charge < -0.3 is 15.1 Å². The number of hydrogen-bond acceptors (Lipinski definition) is 3. The Morgan fingerprint density at radius 1 is 1.23 bits per heavy atom. The summed E-state index contributed by atoms with van der Waals surface area (Å²) in [5.74, 6) is -1.60. The van der Waals surface area contributed by atoms with Crippen LogP contribution in [0.3, 0.4) is 0 Å². The lowest BCUT2D eigenvalue weighted by Gasteiger charge is -2.39. The summed E-state index contributed by atoms with van der Waals surface area (Å²) < 4.78 is 13.0. The number of carbonyl (C=O) groups excluding carboxylic acids is 1. The van der Waals surface area contributed by atoms with Crippen LogP contribution >= 0.6 is 0 Å². The highest BCUT2D eigenvalue weighted by molar-refractivity contribution is 5.81. The number of aliphatic carboxylic acids is 1. The van der Waals surface area contributed by atoms with Crippen molar-refractivity contribution in [2.45, 2.75) is 44.2 Å². The maximum atomic E-state index is 13.0. The normalized spacial score (nSPS) is 21.6. The van der Waals surface area contributed by atoms with E-state index < -0.39 is 12.1 Å². The summed E-state index contributed by atoms with van der Waals surface area (Å²) in [7, 11) is 0. The fourth-order valence-electron chi connectivity index (χ4n) is 2.81. The molecule has 1 aromatic rings. The minimum absolute atomic E-state index is 0.0675. The molecule has 2 rings (SSSR count). The highest BCUT2D eigenvalue weighted by Crippen LogP contribution is 2.22. The number of halogens is 1. The molecule has 1 heterocycles. The Bertz CT molecular complexity index is 531. The first-order valence-electron chi connectivity index (χ1n) is 7.41. The molecule has 6 heteroatoms. The van der Waals surface area contributed by atoms with Crippen LogP contribution in [0, 0.1) is 5.82 Å². The Hall–Kier alpha value is -1.95. The maximum Gasteiger partial charge on any atom is 0.303 e. The van der Waals surface area contributed by atoms with Gasteiger partial charge in [0, 0.05) is 13.0 Å². The number of aliphatic hydroxyl groups is 1. The van der Waals surface area contributed by atoms with Gasteiger partial charge in [0.1, 0.15) is 5.82 Å². The number of benzene rings is 1. The van der Waals surface area contributed by atoms with Crippen LogP contribution in [0.1, 0.15) is 31.2 Å². The zero-order valence-corrected chi connectivity index (χ0v) is 12.2. The summed E-state index contributed by atoms with van der Waals surface area (Å²) in [5, 5.41) is 18.9. The summed E-state index contributed by atoms with van der Waals surface area (Å²) in [6.45, 7) is 0.515. The quantitative estimate of drug-likeness (QED) is 0.866. The van der Waals surface area contributed by atoms with Crippen molar-refractivity contribution >= 4 is 11.9 Å². The third-order valence-electron chi connectivity index (χ3n) is 3.97. The van der Waals surface area contributed by atoms with Crippen LogP contribution in [0.2, 0.25) is 0 Å². The fraction of sp³-hybridized carbons (Fsp3) is 0.500. The fourth-order valence-corrected chi connectivity index (χ4v) is 2.81. The van der Waals surface area contributed by atoms with Crippen LogP contribution in [0.25, 0.3) is 0 Å². The Morgan fingerprint density at radius 3 is 2.55 bits per heavy atom. The number of piperidine rings is 1. The van der Waals surface area contributed by atoms with E-state index in [0.717, 1.165) is 5.56 Å². The third-order valence-corrected chi connectivity index (χ3v) is 3.97. The van der Waals surface area contributed by atoms with E-state index in [-0.39, 0.29) is 30.6 Å². The number of likely N-dealkylation sites (tertiary alicyclic amines) is 1. The van der Waals surface area contributed by atoms with Crippen LogP contribution < -0.4 is 0 Å². The summed E-state index contributed by atoms with van der Waals surface area (Å²) in [4.78, 5) is 24.4. The lowest BCUT2D eigenvalue weighted by atomic mass is 9.92. The predicted octanol–water partition coefficient (Wildman–Crippen LogP) is 1.58. The summed E-state index contributed by atoms with van der Waals surface area (Å²) in [6.07, 6.45) is 0.804. The third kappa shape index (κ3) is 4.27. The lowest BCUT2D eigenvalue weighted by Crippen LogP contribution is -2.52. The molecule has 1 aromatic carbocycles. The van der Waals surface area contributed by atoms with Crippen molar-refractivity contribution in [1.29, 1.82) is 0 Å². The largest absolute Gasteiger partial charge is 0.481 e. The number of carbonyl (C=O) groups is 2. The van der Waals surface area contributed by atoms with Gasteiger partial charge in [-0.25, -0.2) is 4.39 Å². The number of hydrogen-bond donors (Lipinski definition) is 2. The summed E-state index contributed by atoms with van der Waals surface area (Å²) >= 11 is 0. The minimum atomic E-state index is -1.01. The molecule has 0 saturated carbocycles. The zero-order chi connectivity index (χ0) is 16.1. The zero-order valence-electron chi connectivity index (χ0n) is 12.2.